The predicted molar refractivity (Wildman–Crippen MR) is 103 cm³/mol. The highest BCUT2D eigenvalue weighted by atomic mass is 32.1. The van der Waals surface area contributed by atoms with Crippen LogP contribution in [0.2, 0.25) is 0 Å². The molecule has 0 fully saturated rings. The smallest absolute Gasteiger partial charge is 0.264 e. The van der Waals surface area contributed by atoms with Crippen LogP contribution in [0.3, 0.4) is 0 Å². The summed E-state index contributed by atoms with van der Waals surface area (Å²) in [5, 5.41) is 3.24. The van der Waals surface area contributed by atoms with Crippen LogP contribution in [0.1, 0.15) is 32.0 Å². The standard InChI is InChI=1S/C20H18FN3O3S/c1-12-18(20(26)24-17(19(22)25)13-5-3-2-4-6-13)28-16(23-12)11-27-15-9-7-14(21)8-10-15/h2-10,17H,11H2,1H3,(H2,22,25)(H,24,26)/t17-/m0/s1. The molecule has 0 bridgehead atoms. The van der Waals surface area contributed by atoms with Gasteiger partial charge in [0.05, 0.1) is 5.69 Å². The molecule has 0 aliphatic carbocycles. The minimum absolute atomic E-state index is 0.141. The minimum Gasteiger partial charge on any atom is -0.486 e. The molecule has 0 radical (unpaired) electrons. The van der Waals surface area contributed by atoms with Crippen molar-refractivity contribution in [2.45, 2.75) is 19.6 Å². The van der Waals surface area contributed by atoms with E-state index in [1.54, 1.807) is 31.2 Å². The number of nitrogens with one attached hydrogen (secondary N) is 1. The second kappa shape index (κ2) is 8.62. The lowest BCUT2D eigenvalue weighted by atomic mass is 10.1. The van der Waals surface area contributed by atoms with Crippen molar-refractivity contribution < 1.29 is 18.7 Å². The number of aromatic nitrogens is 1. The highest BCUT2D eigenvalue weighted by Crippen LogP contribution is 2.22. The van der Waals surface area contributed by atoms with Crippen molar-refractivity contribution in [1.82, 2.24) is 10.3 Å². The molecule has 1 heterocycles. The lowest BCUT2D eigenvalue weighted by Gasteiger charge is -2.15. The molecule has 0 unspecified atom stereocenters. The van der Waals surface area contributed by atoms with Crippen molar-refractivity contribution in [2.24, 2.45) is 5.73 Å². The van der Waals surface area contributed by atoms with Crippen LogP contribution in [0.25, 0.3) is 0 Å². The third-order valence-electron chi connectivity index (χ3n) is 3.92. The lowest BCUT2D eigenvalue weighted by Crippen LogP contribution is -2.37. The number of halogens is 1. The van der Waals surface area contributed by atoms with E-state index >= 15 is 0 Å². The summed E-state index contributed by atoms with van der Waals surface area (Å²) in [6.07, 6.45) is 0. The van der Waals surface area contributed by atoms with Gasteiger partial charge in [0.1, 0.15) is 34.1 Å². The maximum atomic E-state index is 12.9. The summed E-state index contributed by atoms with van der Waals surface area (Å²) >= 11 is 1.16. The van der Waals surface area contributed by atoms with Gasteiger partial charge in [-0.1, -0.05) is 30.3 Å². The molecular formula is C20H18FN3O3S. The predicted octanol–water partition coefficient (Wildman–Crippen LogP) is 3.13. The number of carbonyl (C=O) groups is 2. The number of amides is 2. The fourth-order valence-electron chi connectivity index (χ4n) is 2.56. The van der Waals surface area contributed by atoms with Gasteiger partial charge < -0.3 is 15.8 Å². The van der Waals surface area contributed by atoms with Crippen LogP contribution in [-0.2, 0) is 11.4 Å². The van der Waals surface area contributed by atoms with E-state index in [0.717, 1.165) is 11.3 Å². The number of rotatable bonds is 7. The third kappa shape index (κ3) is 4.72. The summed E-state index contributed by atoms with van der Waals surface area (Å²) in [4.78, 5) is 29.1. The number of carbonyl (C=O) groups excluding carboxylic acids is 2. The largest absolute Gasteiger partial charge is 0.486 e. The van der Waals surface area contributed by atoms with Gasteiger partial charge in [-0.05, 0) is 36.8 Å². The van der Waals surface area contributed by atoms with Gasteiger partial charge in [-0.3, -0.25) is 9.59 Å². The summed E-state index contributed by atoms with van der Waals surface area (Å²) in [5.41, 5.74) is 6.58. The van der Waals surface area contributed by atoms with Crippen LogP contribution in [0.5, 0.6) is 5.75 Å². The van der Waals surface area contributed by atoms with Crippen molar-refractivity contribution >= 4 is 23.2 Å². The van der Waals surface area contributed by atoms with Gasteiger partial charge in [0, 0.05) is 0 Å². The number of benzene rings is 2. The molecule has 2 aromatic carbocycles. The van der Waals surface area contributed by atoms with Gasteiger partial charge in [0.15, 0.2) is 0 Å². The van der Waals surface area contributed by atoms with Crippen LogP contribution in [0.15, 0.2) is 54.6 Å². The van der Waals surface area contributed by atoms with Gasteiger partial charge in [-0.2, -0.15) is 0 Å². The molecule has 1 atom stereocenters. The topological polar surface area (TPSA) is 94.3 Å². The fraction of sp³-hybridized carbons (Fsp3) is 0.150. The van der Waals surface area contributed by atoms with Crippen molar-refractivity contribution in [3.63, 3.8) is 0 Å². The monoisotopic (exact) mass is 399 g/mol. The zero-order chi connectivity index (χ0) is 20.1. The molecule has 0 aliphatic rings. The van der Waals surface area contributed by atoms with Crippen molar-refractivity contribution in [1.29, 1.82) is 0 Å². The Morgan fingerprint density at radius 1 is 1.18 bits per heavy atom. The summed E-state index contributed by atoms with van der Waals surface area (Å²) in [5.74, 6) is -0.936. The van der Waals surface area contributed by atoms with Crippen molar-refractivity contribution in [2.75, 3.05) is 0 Å². The van der Waals surface area contributed by atoms with Crippen LogP contribution in [0, 0.1) is 12.7 Å². The molecule has 144 valence electrons. The first kappa shape index (κ1) is 19.5. The van der Waals surface area contributed by atoms with Crippen LogP contribution >= 0.6 is 11.3 Å². The quantitative estimate of drug-likeness (QED) is 0.638. The van der Waals surface area contributed by atoms with E-state index in [9.17, 15) is 14.0 Å². The molecule has 28 heavy (non-hydrogen) atoms. The molecule has 1 aromatic heterocycles. The van der Waals surface area contributed by atoms with Crippen LogP contribution in [0.4, 0.5) is 4.39 Å². The number of aryl methyl sites for hydroxylation is 1. The summed E-state index contributed by atoms with van der Waals surface area (Å²) < 4.78 is 18.5. The van der Waals surface area contributed by atoms with E-state index in [1.807, 2.05) is 6.07 Å². The number of hydrogen-bond donors (Lipinski definition) is 2. The van der Waals surface area contributed by atoms with E-state index in [-0.39, 0.29) is 12.4 Å². The third-order valence-corrected chi connectivity index (χ3v) is 5.05. The van der Waals surface area contributed by atoms with Gasteiger partial charge in [-0.25, -0.2) is 9.37 Å². The Morgan fingerprint density at radius 2 is 1.86 bits per heavy atom. The van der Waals surface area contributed by atoms with Crippen LogP contribution < -0.4 is 15.8 Å². The molecule has 3 aromatic rings. The Morgan fingerprint density at radius 3 is 2.50 bits per heavy atom. The Balaban J connectivity index is 1.70. The minimum atomic E-state index is -0.936. The van der Waals surface area contributed by atoms with Crippen molar-refractivity contribution in [3.05, 3.63) is 81.6 Å². The van der Waals surface area contributed by atoms with E-state index in [1.165, 1.54) is 24.3 Å². The number of nitrogens with two attached hydrogens (primary N) is 1. The van der Waals surface area contributed by atoms with Crippen LogP contribution in [-0.4, -0.2) is 16.8 Å². The maximum absolute atomic E-state index is 12.9. The molecule has 0 spiro atoms. The highest BCUT2D eigenvalue weighted by molar-refractivity contribution is 7.13. The van der Waals surface area contributed by atoms with Crippen molar-refractivity contribution in [3.8, 4) is 5.75 Å². The fourth-order valence-corrected chi connectivity index (χ4v) is 3.44. The Kier molecular flexibility index (Phi) is 6.00. The average molecular weight is 399 g/mol. The molecule has 6 nitrogen and oxygen atoms in total. The summed E-state index contributed by atoms with van der Waals surface area (Å²) in [7, 11) is 0. The first-order valence-electron chi connectivity index (χ1n) is 8.44. The second-order valence-corrected chi connectivity index (χ2v) is 7.07. The average Bonchev–Trinajstić information content (AvgIpc) is 3.06. The van der Waals surface area contributed by atoms with E-state index in [2.05, 4.69) is 10.3 Å². The van der Waals surface area contributed by atoms with E-state index in [0.29, 0.717) is 26.9 Å². The summed E-state index contributed by atoms with van der Waals surface area (Å²) in [6.45, 7) is 1.84. The number of ether oxygens (including phenoxy) is 1. The molecule has 3 rings (SSSR count). The molecule has 3 N–H and O–H groups in total. The molecule has 0 saturated carbocycles. The van der Waals surface area contributed by atoms with E-state index < -0.39 is 17.9 Å². The normalized spacial score (nSPS) is 11.6. The number of thiazole rings is 1. The first-order valence-corrected chi connectivity index (χ1v) is 9.25. The Hall–Kier alpha value is -3.26. The number of primary amides is 1. The molecule has 2 amide bonds. The second-order valence-electron chi connectivity index (χ2n) is 5.98. The zero-order valence-electron chi connectivity index (χ0n) is 15.0. The zero-order valence-corrected chi connectivity index (χ0v) is 15.8. The molecule has 8 heteroatoms. The Labute approximate surface area is 165 Å². The first-order chi connectivity index (χ1) is 13.4. The maximum Gasteiger partial charge on any atom is 0.264 e. The van der Waals surface area contributed by atoms with Gasteiger partial charge in [0.2, 0.25) is 5.91 Å². The summed E-state index contributed by atoms with van der Waals surface area (Å²) in [6, 6.07) is 13.5. The van der Waals surface area contributed by atoms with E-state index in [4.69, 9.17) is 10.5 Å². The number of nitrogens with zero attached hydrogens (tertiary/aromatic N) is 1. The number of hydrogen-bond acceptors (Lipinski definition) is 5. The molecular weight excluding hydrogens is 381 g/mol. The molecule has 0 saturated heterocycles. The lowest BCUT2D eigenvalue weighted by molar-refractivity contribution is -0.120. The van der Waals surface area contributed by atoms with Gasteiger partial charge >= 0.3 is 0 Å². The van der Waals surface area contributed by atoms with Gasteiger partial charge in [-0.15, -0.1) is 11.3 Å². The van der Waals surface area contributed by atoms with Gasteiger partial charge in [0.25, 0.3) is 5.91 Å². The molecule has 0 aliphatic heterocycles. The Bertz CT molecular complexity index is 974. The SMILES string of the molecule is Cc1nc(COc2ccc(F)cc2)sc1C(=O)N[C@H](C(N)=O)c1ccccc1. The highest BCUT2D eigenvalue weighted by Gasteiger charge is 2.23.